The van der Waals surface area contributed by atoms with Gasteiger partial charge < -0.3 is 14.0 Å². The van der Waals surface area contributed by atoms with Crippen molar-refractivity contribution < 1.29 is 9.32 Å². The number of carbonyl (C=O) groups is 1. The highest BCUT2D eigenvalue weighted by Gasteiger charge is 2.29. The molecule has 0 aromatic carbocycles. The predicted molar refractivity (Wildman–Crippen MR) is 77.3 cm³/mol. The number of aromatic nitrogens is 3. The molecule has 1 fully saturated rings. The summed E-state index contributed by atoms with van der Waals surface area (Å²) in [4.78, 5) is 18.7. The number of hydrogen-bond acceptors (Lipinski definition) is 4. The summed E-state index contributed by atoms with van der Waals surface area (Å²) in [7, 11) is 1.82. The van der Waals surface area contributed by atoms with Crippen molar-refractivity contribution in [2.75, 3.05) is 13.1 Å². The van der Waals surface area contributed by atoms with E-state index >= 15 is 0 Å². The first-order valence-corrected chi connectivity index (χ1v) is 7.33. The molecule has 0 aliphatic carbocycles. The maximum Gasteiger partial charge on any atom is 0.270 e. The molecule has 0 bridgehead atoms. The van der Waals surface area contributed by atoms with Gasteiger partial charge in [0.2, 0.25) is 5.89 Å². The minimum absolute atomic E-state index is 0.00895. The van der Waals surface area contributed by atoms with Crippen molar-refractivity contribution in [2.24, 2.45) is 7.05 Å². The third kappa shape index (κ3) is 2.81. The van der Waals surface area contributed by atoms with Gasteiger partial charge in [-0.25, -0.2) is 0 Å². The van der Waals surface area contributed by atoms with E-state index in [1.807, 2.05) is 11.9 Å². The molecule has 112 valence electrons. The van der Waals surface area contributed by atoms with Crippen LogP contribution in [0.25, 0.3) is 0 Å². The predicted octanol–water partition coefficient (Wildman–Crippen LogP) is 2.39. The van der Waals surface area contributed by atoms with Crippen LogP contribution >= 0.6 is 11.6 Å². The average molecular weight is 309 g/mol. The summed E-state index contributed by atoms with van der Waals surface area (Å²) in [5.74, 6) is 1.35. The van der Waals surface area contributed by atoms with Gasteiger partial charge in [0.05, 0.1) is 10.9 Å². The van der Waals surface area contributed by atoms with Gasteiger partial charge in [0.25, 0.3) is 5.91 Å². The standard InChI is InChI=1S/C14H17ClN4O2/c1-9-16-13(21-17-9)10-4-3-5-19(7-10)14(20)12-6-11(15)8-18(12)2/h6,8,10H,3-5,7H2,1-2H3. The number of halogens is 1. The molecule has 1 atom stereocenters. The van der Waals surface area contributed by atoms with Crippen LogP contribution in [0.15, 0.2) is 16.8 Å². The van der Waals surface area contributed by atoms with Crippen LogP contribution in [0, 0.1) is 6.92 Å². The third-order valence-corrected chi connectivity index (χ3v) is 4.00. The summed E-state index contributed by atoms with van der Waals surface area (Å²) in [6, 6.07) is 1.70. The zero-order valence-electron chi connectivity index (χ0n) is 12.0. The van der Waals surface area contributed by atoms with Crippen LogP contribution in [0.4, 0.5) is 0 Å². The quantitative estimate of drug-likeness (QED) is 0.854. The average Bonchev–Trinajstić information content (AvgIpc) is 3.04. The summed E-state index contributed by atoms with van der Waals surface area (Å²) >= 11 is 5.95. The highest BCUT2D eigenvalue weighted by Crippen LogP contribution is 2.27. The second kappa shape index (κ2) is 5.52. The molecule has 0 N–H and O–H groups in total. The smallest absolute Gasteiger partial charge is 0.270 e. The van der Waals surface area contributed by atoms with Crippen LogP contribution in [-0.4, -0.2) is 38.6 Å². The number of likely N-dealkylation sites (tertiary alicyclic amines) is 1. The lowest BCUT2D eigenvalue weighted by Crippen LogP contribution is -2.39. The molecule has 0 spiro atoms. The number of piperidine rings is 1. The van der Waals surface area contributed by atoms with E-state index in [1.165, 1.54) is 0 Å². The molecule has 6 nitrogen and oxygen atoms in total. The Hall–Kier alpha value is -1.82. The Morgan fingerprint density at radius 2 is 2.33 bits per heavy atom. The van der Waals surface area contributed by atoms with Crippen molar-refractivity contribution in [3.05, 3.63) is 34.7 Å². The van der Waals surface area contributed by atoms with Crippen molar-refractivity contribution in [1.29, 1.82) is 0 Å². The largest absolute Gasteiger partial charge is 0.345 e. The molecule has 21 heavy (non-hydrogen) atoms. The summed E-state index contributed by atoms with van der Waals surface area (Å²) in [5, 5.41) is 4.40. The molecule has 0 radical (unpaired) electrons. The lowest BCUT2D eigenvalue weighted by molar-refractivity contribution is 0.0686. The molecular weight excluding hydrogens is 292 g/mol. The van der Waals surface area contributed by atoms with Gasteiger partial charge in [-0.3, -0.25) is 4.79 Å². The van der Waals surface area contributed by atoms with Crippen LogP contribution in [0.2, 0.25) is 5.02 Å². The number of aryl methyl sites for hydroxylation is 2. The molecule has 1 aliphatic heterocycles. The number of nitrogens with zero attached hydrogens (tertiary/aromatic N) is 4. The monoisotopic (exact) mass is 308 g/mol. The van der Waals surface area contributed by atoms with Gasteiger partial charge in [0.1, 0.15) is 5.69 Å². The minimum Gasteiger partial charge on any atom is -0.345 e. The lowest BCUT2D eigenvalue weighted by Gasteiger charge is -2.31. The maximum atomic E-state index is 12.6. The number of rotatable bonds is 2. The van der Waals surface area contributed by atoms with Gasteiger partial charge in [-0.05, 0) is 25.8 Å². The Morgan fingerprint density at radius 3 is 2.95 bits per heavy atom. The Morgan fingerprint density at radius 1 is 1.52 bits per heavy atom. The summed E-state index contributed by atoms with van der Waals surface area (Å²) in [6.45, 7) is 3.14. The second-order valence-corrected chi connectivity index (χ2v) is 5.86. The SMILES string of the molecule is Cc1noc(C2CCCN(C(=O)c3cc(Cl)cn3C)C2)n1. The molecule has 1 saturated heterocycles. The van der Waals surface area contributed by atoms with E-state index in [0.29, 0.717) is 29.0 Å². The Bertz CT molecular complexity index is 664. The highest BCUT2D eigenvalue weighted by molar-refractivity contribution is 6.31. The molecule has 2 aromatic rings. The number of carbonyl (C=O) groups excluding carboxylic acids is 1. The van der Waals surface area contributed by atoms with Gasteiger partial charge in [-0.15, -0.1) is 0 Å². The molecule has 0 saturated carbocycles. The Labute approximate surface area is 127 Å². The van der Waals surface area contributed by atoms with Crippen molar-refractivity contribution in [3.8, 4) is 0 Å². The second-order valence-electron chi connectivity index (χ2n) is 5.42. The lowest BCUT2D eigenvalue weighted by atomic mass is 9.97. The molecule has 1 amide bonds. The molecule has 3 rings (SSSR count). The van der Waals surface area contributed by atoms with Gasteiger partial charge >= 0.3 is 0 Å². The van der Waals surface area contributed by atoms with Crippen molar-refractivity contribution in [1.82, 2.24) is 19.6 Å². The van der Waals surface area contributed by atoms with E-state index in [4.69, 9.17) is 16.1 Å². The Balaban J connectivity index is 1.77. The number of amides is 1. The molecule has 2 aromatic heterocycles. The van der Waals surface area contributed by atoms with Crippen LogP contribution in [-0.2, 0) is 7.05 Å². The fraction of sp³-hybridized carbons (Fsp3) is 0.500. The van der Waals surface area contributed by atoms with E-state index < -0.39 is 0 Å². The zero-order valence-corrected chi connectivity index (χ0v) is 12.8. The Kier molecular flexibility index (Phi) is 3.71. The van der Waals surface area contributed by atoms with Gasteiger partial charge in [-0.2, -0.15) is 4.98 Å². The molecular formula is C14H17ClN4O2. The zero-order chi connectivity index (χ0) is 15.0. The fourth-order valence-electron chi connectivity index (χ4n) is 2.74. The minimum atomic E-state index is -0.00895. The molecule has 1 unspecified atom stereocenters. The third-order valence-electron chi connectivity index (χ3n) is 3.79. The first-order valence-electron chi connectivity index (χ1n) is 6.96. The topological polar surface area (TPSA) is 64.2 Å². The van der Waals surface area contributed by atoms with E-state index in [0.717, 1.165) is 19.4 Å². The first kappa shape index (κ1) is 14.1. The first-order chi connectivity index (χ1) is 10.0. The normalized spacial score (nSPS) is 19.0. The van der Waals surface area contributed by atoms with Crippen molar-refractivity contribution in [3.63, 3.8) is 0 Å². The fourth-order valence-corrected chi connectivity index (χ4v) is 2.99. The summed E-state index contributed by atoms with van der Waals surface area (Å²) in [5.41, 5.74) is 0.599. The van der Waals surface area contributed by atoms with E-state index in [1.54, 1.807) is 23.8 Å². The van der Waals surface area contributed by atoms with E-state index in [2.05, 4.69) is 10.1 Å². The van der Waals surface area contributed by atoms with Gasteiger partial charge in [0, 0.05) is 26.3 Å². The molecule has 3 heterocycles. The van der Waals surface area contributed by atoms with Crippen LogP contribution in [0.1, 0.15) is 41.0 Å². The summed E-state index contributed by atoms with van der Waals surface area (Å²) < 4.78 is 7.00. The van der Waals surface area contributed by atoms with Gasteiger partial charge in [0.15, 0.2) is 5.82 Å². The maximum absolute atomic E-state index is 12.6. The molecule has 7 heteroatoms. The van der Waals surface area contributed by atoms with Crippen molar-refractivity contribution in [2.45, 2.75) is 25.7 Å². The molecule has 1 aliphatic rings. The van der Waals surface area contributed by atoms with Crippen LogP contribution in [0.3, 0.4) is 0 Å². The summed E-state index contributed by atoms with van der Waals surface area (Å²) in [6.07, 6.45) is 3.62. The van der Waals surface area contributed by atoms with Gasteiger partial charge in [-0.1, -0.05) is 16.8 Å². The highest BCUT2D eigenvalue weighted by atomic mass is 35.5. The van der Waals surface area contributed by atoms with E-state index in [9.17, 15) is 4.79 Å². The van der Waals surface area contributed by atoms with Crippen molar-refractivity contribution >= 4 is 17.5 Å². The van der Waals surface area contributed by atoms with Crippen LogP contribution in [0.5, 0.6) is 0 Å². The van der Waals surface area contributed by atoms with Crippen LogP contribution < -0.4 is 0 Å². The van der Waals surface area contributed by atoms with E-state index in [-0.39, 0.29) is 11.8 Å². The number of hydrogen-bond donors (Lipinski definition) is 0.